The van der Waals surface area contributed by atoms with Gasteiger partial charge in [-0.05, 0) is 19.3 Å². The summed E-state index contributed by atoms with van der Waals surface area (Å²) < 4.78 is 0. The molecule has 1 aliphatic carbocycles. The molecular formula is C9H14N2O3. The number of aliphatic hydroxyl groups is 1. The number of aliphatic hydroxyl groups excluding tert-OH is 1. The SMILES string of the molecule is O=C1CC[C@H](C(=O)NC2(CO)CC2)N1. The fourth-order valence-corrected chi connectivity index (χ4v) is 1.63. The van der Waals surface area contributed by atoms with E-state index in [1.807, 2.05) is 0 Å². The van der Waals surface area contributed by atoms with Gasteiger partial charge in [0.05, 0.1) is 12.1 Å². The molecule has 1 saturated carbocycles. The third-order valence-electron chi connectivity index (χ3n) is 2.86. The van der Waals surface area contributed by atoms with Gasteiger partial charge in [0.1, 0.15) is 6.04 Å². The summed E-state index contributed by atoms with van der Waals surface area (Å²) in [7, 11) is 0. The van der Waals surface area contributed by atoms with Gasteiger partial charge in [0, 0.05) is 6.42 Å². The first-order chi connectivity index (χ1) is 6.65. The van der Waals surface area contributed by atoms with Crippen LogP contribution in [0.25, 0.3) is 0 Å². The second-order valence-corrected chi connectivity index (χ2v) is 4.09. The molecule has 0 aromatic carbocycles. The lowest BCUT2D eigenvalue weighted by Gasteiger charge is -2.17. The van der Waals surface area contributed by atoms with Crippen molar-refractivity contribution in [2.24, 2.45) is 0 Å². The summed E-state index contributed by atoms with van der Waals surface area (Å²) in [5.41, 5.74) is -0.385. The maximum absolute atomic E-state index is 11.6. The van der Waals surface area contributed by atoms with Crippen LogP contribution in [0.3, 0.4) is 0 Å². The fraction of sp³-hybridized carbons (Fsp3) is 0.778. The summed E-state index contributed by atoms with van der Waals surface area (Å²) in [5, 5.41) is 14.4. The molecule has 0 aromatic rings. The molecule has 0 radical (unpaired) electrons. The molecule has 2 amide bonds. The molecule has 1 aliphatic heterocycles. The molecule has 0 spiro atoms. The van der Waals surface area contributed by atoms with Crippen LogP contribution < -0.4 is 10.6 Å². The molecule has 2 aliphatic rings. The number of hydrogen-bond donors (Lipinski definition) is 3. The maximum atomic E-state index is 11.6. The van der Waals surface area contributed by atoms with E-state index >= 15 is 0 Å². The highest BCUT2D eigenvalue weighted by Gasteiger charge is 2.44. The fourth-order valence-electron chi connectivity index (χ4n) is 1.63. The highest BCUT2D eigenvalue weighted by molar-refractivity contribution is 5.91. The van der Waals surface area contributed by atoms with Crippen molar-refractivity contribution in [1.82, 2.24) is 10.6 Å². The zero-order valence-corrected chi connectivity index (χ0v) is 7.88. The van der Waals surface area contributed by atoms with Gasteiger partial charge in [-0.25, -0.2) is 0 Å². The van der Waals surface area contributed by atoms with Crippen LogP contribution in [-0.4, -0.2) is 35.1 Å². The smallest absolute Gasteiger partial charge is 0.243 e. The zero-order valence-electron chi connectivity index (χ0n) is 7.88. The number of carbonyl (C=O) groups is 2. The van der Waals surface area contributed by atoms with E-state index in [1.165, 1.54) is 0 Å². The second-order valence-electron chi connectivity index (χ2n) is 4.09. The molecular weight excluding hydrogens is 184 g/mol. The van der Waals surface area contributed by atoms with Crippen LogP contribution in [0.15, 0.2) is 0 Å². The summed E-state index contributed by atoms with van der Waals surface area (Å²) in [5.74, 6) is -0.235. The van der Waals surface area contributed by atoms with Crippen molar-refractivity contribution in [3.8, 4) is 0 Å². The Balaban J connectivity index is 1.87. The van der Waals surface area contributed by atoms with Gasteiger partial charge in [-0.3, -0.25) is 9.59 Å². The molecule has 3 N–H and O–H groups in total. The van der Waals surface area contributed by atoms with Crippen LogP contribution >= 0.6 is 0 Å². The Morgan fingerprint density at radius 2 is 2.36 bits per heavy atom. The van der Waals surface area contributed by atoms with Gasteiger partial charge in [0.25, 0.3) is 0 Å². The lowest BCUT2D eigenvalue weighted by Crippen LogP contribution is -2.48. The summed E-state index contributed by atoms with van der Waals surface area (Å²) in [6.07, 6.45) is 2.64. The predicted octanol–water partition coefficient (Wildman–Crippen LogP) is -1.09. The van der Waals surface area contributed by atoms with Gasteiger partial charge >= 0.3 is 0 Å². The summed E-state index contributed by atoms with van der Waals surface area (Å²) >= 11 is 0. The lowest BCUT2D eigenvalue weighted by molar-refractivity contribution is -0.126. The average Bonchev–Trinajstić information content (AvgIpc) is 2.80. The first-order valence-electron chi connectivity index (χ1n) is 4.87. The zero-order chi connectivity index (χ0) is 10.2. The molecule has 0 bridgehead atoms. The van der Waals surface area contributed by atoms with E-state index in [0.29, 0.717) is 12.8 Å². The topological polar surface area (TPSA) is 78.4 Å². The highest BCUT2D eigenvalue weighted by Crippen LogP contribution is 2.34. The van der Waals surface area contributed by atoms with E-state index in [4.69, 9.17) is 5.11 Å². The quantitative estimate of drug-likeness (QED) is 0.539. The maximum Gasteiger partial charge on any atom is 0.243 e. The first kappa shape index (κ1) is 9.45. The van der Waals surface area contributed by atoms with Gasteiger partial charge in [0.2, 0.25) is 11.8 Å². The van der Waals surface area contributed by atoms with Crippen LogP contribution in [0.5, 0.6) is 0 Å². The molecule has 78 valence electrons. The van der Waals surface area contributed by atoms with Gasteiger partial charge in [-0.2, -0.15) is 0 Å². The van der Waals surface area contributed by atoms with Crippen LogP contribution in [0.1, 0.15) is 25.7 Å². The Morgan fingerprint density at radius 1 is 1.64 bits per heavy atom. The summed E-state index contributed by atoms with van der Waals surface area (Å²) in [4.78, 5) is 22.4. The van der Waals surface area contributed by atoms with Crippen LogP contribution in [0, 0.1) is 0 Å². The van der Waals surface area contributed by atoms with E-state index in [-0.39, 0.29) is 24.0 Å². The van der Waals surface area contributed by atoms with Crippen LogP contribution in [0.2, 0.25) is 0 Å². The minimum atomic E-state index is -0.397. The largest absolute Gasteiger partial charge is 0.394 e. The van der Waals surface area contributed by atoms with E-state index in [2.05, 4.69) is 10.6 Å². The Kier molecular flexibility index (Phi) is 2.19. The van der Waals surface area contributed by atoms with Crippen molar-refractivity contribution in [3.63, 3.8) is 0 Å². The van der Waals surface area contributed by atoms with Crippen molar-refractivity contribution in [2.75, 3.05) is 6.61 Å². The molecule has 0 aromatic heterocycles. The summed E-state index contributed by atoms with van der Waals surface area (Å²) in [6.45, 7) is -0.0145. The average molecular weight is 198 g/mol. The number of carbonyl (C=O) groups excluding carboxylic acids is 2. The number of rotatable bonds is 3. The van der Waals surface area contributed by atoms with Crippen molar-refractivity contribution in [3.05, 3.63) is 0 Å². The Bertz CT molecular complexity index is 273. The number of amides is 2. The number of hydrogen-bond acceptors (Lipinski definition) is 3. The molecule has 5 nitrogen and oxygen atoms in total. The minimum absolute atomic E-state index is 0.0145. The Hall–Kier alpha value is -1.10. The van der Waals surface area contributed by atoms with Crippen LogP contribution in [-0.2, 0) is 9.59 Å². The summed E-state index contributed by atoms with van der Waals surface area (Å²) in [6, 6.07) is -0.397. The Morgan fingerprint density at radius 3 is 2.79 bits per heavy atom. The standard InChI is InChI=1S/C9H14N2O3/c12-5-9(3-4-9)11-8(14)6-1-2-7(13)10-6/h6,12H,1-5H2,(H,10,13)(H,11,14)/t6-/m1/s1. The van der Waals surface area contributed by atoms with Gasteiger partial charge in [-0.1, -0.05) is 0 Å². The molecule has 2 fully saturated rings. The Labute approximate surface area is 81.9 Å². The molecule has 5 heteroatoms. The van der Waals surface area contributed by atoms with Gasteiger partial charge in [0.15, 0.2) is 0 Å². The monoisotopic (exact) mass is 198 g/mol. The van der Waals surface area contributed by atoms with Crippen LogP contribution in [0.4, 0.5) is 0 Å². The highest BCUT2D eigenvalue weighted by atomic mass is 16.3. The molecule has 2 rings (SSSR count). The van der Waals surface area contributed by atoms with Crippen molar-refractivity contribution in [1.29, 1.82) is 0 Å². The van der Waals surface area contributed by atoms with Gasteiger partial charge in [-0.15, -0.1) is 0 Å². The molecule has 0 unspecified atom stereocenters. The van der Waals surface area contributed by atoms with E-state index in [0.717, 1.165) is 12.8 Å². The van der Waals surface area contributed by atoms with E-state index in [9.17, 15) is 9.59 Å². The third-order valence-corrected chi connectivity index (χ3v) is 2.86. The van der Waals surface area contributed by atoms with Crippen molar-refractivity contribution in [2.45, 2.75) is 37.3 Å². The first-order valence-corrected chi connectivity index (χ1v) is 4.87. The minimum Gasteiger partial charge on any atom is -0.394 e. The number of nitrogens with one attached hydrogen (secondary N) is 2. The molecule has 14 heavy (non-hydrogen) atoms. The van der Waals surface area contributed by atoms with E-state index in [1.54, 1.807) is 0 Å². The molecule has 1 atom stereocenters. The molecule has 1 saturated heterocycles. The predicted molar refractivity (Wildman–Crippen MR) is 48.4 cm³/mol. The van der Waals surface area contributed by atoms with E-state index < -0.39 is 6.04 Å². The second kappa shape index (κ2) is 3.24. The lowest BCUT2D eigenvalue weighted by atomic mass is 10.2. The molecule has 1 heterocycles. The van der Waals surface area contributed by atoms with Crippen molar-refractivity contribution < 1.29 is 14.7 Å². The third kappa shape index (κ3) is 1.72. The normalized spacial score (nSPS) is 28.4. The van der Waals surface area contributed by atoms with Crippen molar-refractivity contribution >= 4 is 11.8 Å². The van der Waals surface area contributed by atoms with Gasteiger partial charge < -0.3 is 15.7 Å².